The SMILES string of the molecule is CS(=O)(=O)Nc1ccccc1-c1ccc(S(=O)(=O)O)cn1. The lowest BCUT2D eigenvalue weighted by Gasteiger charge is -2.10. The molecule has 9 heteroatoms. The van der Waals surface area contributed by atoms with Crippen molar-refractivity contribution in [3.63, 3.8) is 0 Å². The van der Waals surface area contributed by atoms with Crippen LogP contribution in [0.3, 0.4) is 0 Å². The minimum Gasteiger partial charge on any atom is -0.283 e. The topological polar surface area (TPSA) is 113 Å². The highest BCUT2D eigenvalue weighted by Crippen LogP contribution is 2.27. The molecule has 21 heavy (non-hydrogen) atoms. The first-order valence-electron chi connectivity index (χ1n) is 5.67. The summed E-state index contributed by atoms with van der Waals surface area (Å²) in [5.74, 6) is 0. The molecule has 0 bridgehead atoms. The summed E-state index contributed by atoms with van der Waals surface area (Å²) in [6.45, 7) is 0. The number of pyridine rings is 1. The number of hydrogen-bond acceptors (Lipinski definition) is 5. The third kappa shape index (κ3) is 4.00. The van der Waals surface area contributed by atoms with E-state index in [4.69, 9.17) is 4.55 Å². The zero-order chi connectivity index (χ0) is 15.7. The highest BCUT2D eigenvalue weighted by Gasteiger charge is 2.13. The number of rotatable bonds is 4. The third-order valence-corrected chi connectivity index (χ3v) is 3.96. The van der Waals surface area contributed by atoms with Gasteiger partial charge in [0.2, 0.25) is 10.0 Å². The largest absolute Gasteiger partial charge is 0.296 e. The van der Waals surface area contributed by atoms with Gasteiger partial charge in [0.05, 0.1) is 17.6 Å². The number of hydrogen-bond donors (Lipinski definition) is 2. The van der Waals surface area contributed by atoms with Crippen molar-refractivity contribution >= 4 is 25.8 Å². The molecule has 0 atom stereocenters. The third-order valence-electron chi connectivity index (χ3n) is 2.53. The smallest absolute Gasteiger partial charge is 0.283 e. The number of aromatic nitrogens is 1. The van der Waals surface area contributed by atoms with Crippen LogP contribution in [0.5, 0.6) is 0 Å². The molecule has 2 aromatic rings. The fraction of sp³-hybridized carbons (Fsp3) is 0.0833. The van der Waals surface area contributed by atoms with E-state index in [1.807, 2.05) is 0 Å². The summed E-state index contributed by atoms with van der Waals surface area (Å²) in [6, 6.07) is 9.13. The zero-order valence-corrected chi connectivity index (χ0v) is 12.5. The van der Waals surface area contributed by atoms with Crippen LogP contribution in [0.25, 0.3) is 11.3 Å². The van der Waals surface area contributed by atoms with E-state index in [2.05, 4.69) is 9.71 Å². The van der Waals surface area contributed by atoms with Gasteiger partial charge >= 0.3 is 0 Å². The highest BCUT2D eigenvalue weighted by molar-refractivity contribution is 7.92. The normalized spacial score (nSPS) is 12.1. The maximum atomic E-state index is 11.3. The van der Waals surface area contributed by atoms with Gasteiger partial charge in [0.25, 0.3) is 10.1 Å². The average Bonchev–Trinajstić information content (AvgIpc) is 2.37. The summed E-state index contributed by atoms with van der Waals surface area (Å²) in [4.78, 5) is 3.60. The molecule has 0 spiro atoms. The van der Waals surface area contributed by atoms with Gasteiger partial charge in [-0.1, -0.05) is 18.2 Å². The van der Waals surface area contributed by atoms with Crippen molar-refractivity contribution in [2.45, 2.75) is 4.90 Å². The van der Waals surface area contributed by atoms with Crippen LogP contribution in [0.2, 0.25) is 0 Å². The molecule has 2 rings (SSSR count). The van der Waals surface area contributed by atoms with Crippen molar-refractivity contribution in [1.82, 2.24) is 4.98 Å². The van der Waals surface area contributed by atoms with Gasteiger partial charge in [0, 0.05) is 11.8 Å². The number of anilines is 1. The number of benzene rings is 1. The molecular weight excluding hydrogens is 316 g/mol. The molecule has 0 amide bonds. The quantitative estimate of drug-likeness (QED) is 0.819. The van der Waals surface area contributed by atoms with Crippen molar-refractivity contribution in [1.29, 1.82) is 0 Å². The Labute approximate surface area is 122 Å². The Bertz CT molecular complexity index is 859. The van der Waals surface area contributed by atoms with E-state index < -0.39 is 20.1 Å². The van der Waals surface area contributed by atoms with E-state index in [0.717, 1.165) is 12.5 Å². The summed E-state index contributed by atoms with van der Waals surface area (Å²) in [5, 5.41) is 0. The summed E-state index contributed by atoms with van der Waals surface area (Å²) >= 11 is 0. The van der Waals surface area contributed by atoms with Crippen LogP contribution in [-0.2, 0) is 20.1 Å². The van der Waals surface area contributed by atoms with Crippen LogP contribution in [-0.4, -0.2) is 32.6 Å². The molecule has 0 aliphatic carbocycles. The first-order valence-corrected chi connectivity index (χ1v) is 9.01. The van der Waals surface area contributed by atoms with Crippen LogP contribution in [0.15, 0.2) is 47.5 Å². The van der Waals surface area contributed by atoms with Gasteiger partial charge in [-0.25, -0.2) is 8.42 Å². The second-order valence-corrected chi connectivity index (χ2v) is 7.44. The molecule has 0 radical (unpaired) electrons. The van der Waals surface area contributed by atoms with E-state index in [-0.39, 0.29) is 4.90 Å². The van der Waals surface area contributed by atoms with Gasteiger partial charge in [0.1, 0.15) is 4.90 Å². The second kappa shape index (κ2) is 5.43. The number of para-hydroxylation sites is 1. The lowest BCUT2D eigenvalue weighted by atomic mass is 10.1. The van der Waals surface area contributed by atoms with E-state index in [9.17, 15) is 16.8 Å². The monoisotopic (exact) mass is 328 g/mol. The van der Waals surface area contributed by atoms with Crippen LogP contribution in [0, 0.1) is 0 Å². The fourth-order valence-electron chi connectivity index (χ4n) is 1.69. The van der Waals surface area contributed by atoms with Gasteiger partial charge in [-0.05, 0) is 18.2 Å². The molecule has 2 N–H and O–H groups in total. The van der Waals surface area contributed by atoms with Crippen molar-refractivity contribution in [3.8, 4) is 11.3 Å². The van der Waals surface area contributed by atoms with E-state index >= 15 is 0 Å². The van der Waals surface area contributed by atoms with Gasteiger partial charge in [-0.15, -0.1) is 0 Å². The minimum absolute atomic E-state index is 0.326. The molecule has 0 fully saturated rings. The van der Waals surface area contributed by atoms with E-state index in [1.54, 1.807) is 24.3 Å². The summed E-state index contributed by atoms with van der Waals surface area (Å²) in [6.07, 6.45) is 2.03. The van der Waals surface area contributed by atoms with Crippen molar-refractivity contribution < 1.29 is 21.4 Å². The summed E-state index contributed by atoms with van der Waals surface area (Å²) < 4.78 is 55.8. The Hall–Kier alpha value is -1.97. The molecular formula is C12H12N2O5S2. The molecule has 112 valence electrons. The lowest BCUT2D eigenvalue weighted by molar-refractivity contribution is 0.483. The number of nitrogens with one attached hydrogen (secondary N) is 1. The van der Waals surface area contributed by atoms with Gasteiger partial charge in [-0.3, -0.25) is 14.3 Å². The van der Waals surface area contributed by atoms with Gasteiger partial charge < -0.3 is 0 Å². The van der Waals surface area contributed by atoms with E-state index in [0.29, 0.717) is 16.9 Å². The lowest BCUT2D eigenvalue weighted by Crippen LogP contribution is -2.10. The number of nitrogens with zero attached hydrogens (tertiary/aromatic N) is 1. The van der Waals surface area contributed by atoms with Crippen molar-refractivity contribution in [2.75, 3.05) is 11.0 Å². The Kier molecular flexibility index (Phi) is 3.99. The predicted octanol–water partition coefficient (Wildman–Crippen LogP) is 1.37. The van der Waals surface area contributed by atoms with Crippen LogP contribution < -0.4 is 4.72 Å². The fourth-order valence-corrected chi connectivity index (χ4v) is 2.69. The Balaban J connectivity index is 2.48. The molecule has 0 aliphatic rings. The molecule has 1 heterocycles. The molecule has 0 saturated heterocycles. The van der Waals surface area contributed by atoms with Crippen molar-refractivity contribution in [3.05, 3.63) is 42.6 Å². The number of sulfonamides is 1. The van der Waals surface area contributed by atoms with Crippen LogP contribution in [0.1, 0.15) is 0 Å². The van der Waals surface area contributed by atoms with Gasteiger partial charge in [0.15, 0.2) is 0 Å². The first kappa shape index (κ1) is 15.4. The first-order chi connectivity index (χ1) is 9.67. The predicted molar refractivity (Wildman–Crippen MR) is 78.0 cm³/mol. The molecule has 0 unspecified atom stereocenters. The molecule has 1 aromatic heterocycles. The minimum atomic E-state index is -4.31. The zero-order valence-electron chi connectivity index (χ0n) is 10.9. The van der Waals surface area contributed by atoms with Crippen LogP contribution in [0.4, 0.5) is 5.69 Å². The average molecular weight is 328 g/mol. The molecule has 0 aliphatic heterocycles. The highest BCUT2D eigenvalue weighted by atomic mass is 32.2. The maximum absolute atomic E-state index is 11.3. The second-order valence-electron chi connectivity index (χ2n) is 4.27. The molecule has 0 saturated carbocycles. The summed E-state index contributed by atoms with van der Waals surface area (Å²) in [5.41, 5.74) is 1.19. The Morgan fingerprint density at radius 2 is 1.71 bits per heavy atom. The molecule has 1 aromatic carbocycles. The van der Waals surface area contributed by atoms with E-state index in [1.165, 1.54) is 12.1 Å². The Morgan fingerprint density at radius 1 is 1.05 bits per heavy atom. The van der Waals surface area contributed by atoms with Gasteiger partial charge in [-0.2, -0.15) is 8.42 Å². The standard InChI is InChI=1S/C12H12N2O5S2/c1-20(15,16)14-12-5-3-2-4-10(12)11-7-6-9(8-13-11)21(17,18)19/h2-8,14H,1H3,(H,17,18,19). The van der Waals surface area contributed by atoms with Crippen molar-refractivity contribution in [2.24, 2.45) is 0 Å². The van der Waals surface area contributed by atoms with Crippen LogP contribution >= 0.6 is 0 Å². The maximum Gasteiger partial charge on any atom is 0.296 e. The molecule has 7 nitrogen and oxygen atoms in total. The Morgan fingerprint density at radius 3 is 2.24 bits per heavy atom. The summed E-state index contributed by atoms with van der Waals surface area (Å²) in [7, 11) is -7.77.